The zero-order valence-corrected chi connectivity index (χ0v) is 6.50. The number of aryl methyl sites for hydroxylation is 1. The van der Waals surface area contributed by atoms with Crippen LogP contribution in [0.15, 0.2) is 21.5 Å². The van der Waals surface area contributed by atoms with E-state index in [0.717, 1.165) is 5.76 Å². The van der Waals surface area contributed by atoms with Gasteiger partial charge in [-0.05, 0) is 26.0 Å². The van der Waals surface area contributed by atoms with Crippen molar-refractivity contribution in [2.24, 2.45) is 4.99 Å². The van der Waals surface area contributed by atoms with Crippen LogP contribution in [-0.2, 0) is 4.79 Å². The van der Waals surface area contributed by atoms with Crippen LogP contribution in [0, 0.1) is 6.92 Å². The fourth-order valence-electron chi connectivity index (χ4n) is 0.821. The predicted molar refractivity (Wildman–Crippen MR) is 40.0 cm³/mol. The molecule has 1 unspecified atom stereocenters. The van der Waals surface area contributed by atoms with Gasteiger partial charge in [0, 0.05) is 0 Å². The molecule has 3 nitrogen and oxygen atoms in total. The van der Waals surface area contributed by atoms with Crippen molar-refractivity contribution in [2.75, 3.05) is 0 Å². The normalized spacial score (nSPS) is 12.2. The molecule has 0 saturated carbocycles. The molecule has 1 rings (SSSR count). The topological polar surface area (TPSA) is 42.6 Å². The molecule has 0 spiro atoms. The molecular weight excluding hydrogens is 142 g/mol. The second-order valence-electron chi connectivity index (χ2n) is 2.34. The van der Waals surface area contributed by atoms with Gasteiger partial charge in [0.15, 0.2) is 0 Å². The molecule has 0 amide bonds. The van der Waals surface area contributed by atoms with Crippen molar-refractivity contribution in [3.8, 4) is 0 Å². The summed E-state index contributed by atoms with van der Waals surface area (Å²) < 4.78 is 5.23. The molecule has 3 heteroatoms. The number of aliphatic imine (C=N–C) groups is 1. The van der Waals surface area contributed by atoms with E-state index in [2.05, 4.69) is 4.99 Å². The average Bonchev–Trinajstić information content (AvgIpc) is 2.36. The summed E-state index contributed by atoms with van der Waals surface area (Å²) in [5.41, 5.74) is 0. The van der Waals surface area contributed by atoms with Gasteiger partial charge in [-0.25, -0.2) is 4.79 Å². The monoisotopic (exact) mass is 151 g/mol. The van der Waals surface area contributed by atoms with Gasteiger partial charge in [-0.15, -0.1) is 0 Å². The first-order valence-electron chi connectivity index (χ1n) is 3.37. The summed E-state index contributed by atoms with van der Waals surface area (Å²) in [6, 6.07) is 3.42. The van der Waals surface area contributed by atoms with Gasteiger partial charge in [-0.1, -0.05) is 0 Å². The first kappa shape index (κ1) is 7.76. The minimum atomic E-state index is -0.221. The number of isocyanates is 1. The van der Waals surface area contributed by atoms with E-state index in [1.807, 2.05) is 13.0 Å². The summed E-state index contributed by atoms with van der Waals surface area (Å²) >= 11 is 0. The zero-order chi connectivity index (χ0) is 8.27. The molecule has 58 valence electrons. The van der Waals surface area contributed by atoms with Crippen LogP contribution in [0.1, 0.15) is 24.5 Å². The van der Waals surface area contributed by atoms with E-state index < -0.39 is 0 Å². The van der Waals surface area contributed by atoms with E-state index in [-0.39, 0.29) is 6.04 Å². The van der Waals surface area contributed by atoms with Crippen LogP contribution < -0.4 is 0 Å². The minimum absolute atomic E-state index is 0.221. The van der Waals surface area contributed by atoms with Gasteiger partial charge in [0.2, 0.25) is 6.08 Å². The number of carbonyl (C=O) groups excluding carboxylic acids is 1. The fraction of sp³-hybridized carbons (Fsp3) is 0.375. The Morgan fingerprint density at radius 1 is 1.64 bits per heavy atom. The Morgan fingerprint density at radius 3 is 2.82 bits per heavy atom. The van der Waals surface area contributed by atoms with Crippen LogP contribution in [0.2, 0.25) is 0 Å². The van der Waals surface area contributed by atoms with Crippen molar-refractivity contribution in [2.45, 2.75) is 19.9 Å². The molecule has 0 N–H and O–H groups in total. The maximum absolute atomic E-state index is 9.86. The van der Waals surface area contributed by atoms with Gasteiger partial charge < -0.3 is 4.42 Å². The third kappa shape index (κ3) is 1.79. The van der Waals surface area contributed by atoms with Crippen LogP contribution in [0.3, 0.4) is 0 Å². The molecule has 0 aliphatic carbocycles. The highest BCUT2D eigenvalue weighted by Crippen LogP contribution is 2.17. The number of hydrogen-bond acceptors (Lipinski definition) is 3. The highest BCUT2D eigenvalue weighted by molar-refractivity contribution is 5.34. The van der Waals surface area contributed by atoms with Crippen molar-refractivity contribution < 1.29 is 9.21 Å². The summed E-state index contributed by atoms with van der Waals surface area (Å²) in [5, 5.41) is 0. The zero-order valence-electron chi connectivity index (χ0n) is 6.50. The standard InChI is InChI=1S/C8H9NO2/c1-6-3-4-8(11-6)7(2)9-5-10/h3-4,7H,1-2H3. The van der Waals surface area contributed by atoms with Crippen molar-refractivity contribution in [3.63, 3.8) is 0 Å². The van der Waals surface area contributed by atoms with Crippen LogP contribution in [0.4, 0.5) is 0 Å². The Hall–Kier alpha value is -1.34. The maximum atomic E-state index is 9.86. The number of rotatable bonds is 2. The van der Waals surface area contributed by atoms with Crippen molar-refractivity contribution in [1.29, 1.82) is 0 Å². The molecule has 1 aromatic heterocycles. The SMILES string of the molecule is Cc1ccc(C(C)N=C=O)o1. The summed E-state index contributed by atoms with van der Waals surface area (Å²) in [7, 11) is 0. The van der Waals surface area contributed by atoms with E-state index in [1.54, 1.807) is 13.0 Å². The van der Waals surface area contributed by atoms with Gasteiger partial charge in [0.05, 0.1) is 0 Å². The van der Waals surface area contributed by atoms with Gasteiger partial charge in [-0.3, -0.25) is 0 Å². The van der Waals surface area contributed by atoms with Crippen LogP contribution in [0.5, 0.6) is 0 Å². The number of furan rings is 1. The van der Waals surface area contributed by atoms with E-state index in [4.69, 9.17) is 4.42 Å². The molecule has 1 heterocycles. The van der Waals surface area contributed by atoms with Crippen LogP contribution >= 0.6 is 0 Å². The van der Waals surface area contributed by atoms with Crippen molar-refractivity contribution in [3.05, 3.63) is 23.7 Å². The second kappa shape index (κ2) is 3.17. The van der Waals surface area contributed by atoms with Gasteiger partial charge in [0.25, 0.3) is 0 Å². The minimum Gasteiger partial charge on any atom is -0.464 e. The number of nitrogens with zero attached hydrogens (tertiary/aromatic N) is 1. The lowest BCUT2D eigenvalue weighted by Gasteiger charge is -1.96. The Kier molecular flexibility index (Phi) is 2.24. The molecule has 0 saturated heterocycles. The number of hydrogen-bond donors (Lipinski definition) is 0. The van der Waals surface area contributed by atoms with Crippen LogP contribution in [0.25, 0.3) is 0 Å². The third-order valence-electron chi connectivity index (χ3n) is 1.42. The molecule has 0 aliphatic rings. The van der Waals surface area contributed by atoms with E-state index in [9.17, 15) is 4.79 Å². The van der Waals surface area contributed by atoms with Gasteiger partial charge in [0.1, 0.15) is 17.6 Å². The summed E-state index contributed by atoms with van der Waals surface area (Å²) in [5.74, 6) is 1.53. The summed E-state index contributed by atoms with van der Waals surface area (Å²) in [6.07, 6.45) is 1.49. The maximum Gasteiger partial charge on any atom is 0.235 e. The highest BCUT2D eigenvalue weighted by atomic mass is 16.3. The second-order valence-corrected chi connectivity index (χ2v) is 2.34. The molecule has 0 bridgehead atoms. The molecule has 1 aromatic rings. The molecule has 1 atom stereocenters. The Morgan fingerprint density at radius 2 is 2.36 bits per heavy atom. The molecule has 0 fully saturated rings. The molecule has 0 radical (unpaired) electrons. The average molecular weight is 151 g/mol. The first-order valence-corrected chi connectivity index (χ1v) is 3.37. The Balaban J connectivity index is 2.84. The lowest BCUT2D eigenvalue weighted by molar-refractivity contribution is 0.456. The van der Waals surface area contributed by atoms with Gasteiger partial charge >= 0.3 is 0 Å². The molecule has 0 aliphatic heterocycles. The van der Waals surface area contributed by atoms with Gasteiger partial charge in [-0.2, -0.15) is 4.99 Å². The highest BCUT2D eigenvalue weighted by Gasteiger charge is 2.06. The summed E-state index contributed by atoms with van der Waals surface area (Å²) in [6.45, 7) is 3.63. The first-order chi connectivity index (χ1) is 5.24. The quantitative estimate of drug-likeness (QED) is 0.479. The predicted octanol–water partition coefficient (Wildman–Crippen LogP) is 1.98. The Bertz CT molecular complexity index is 284. The fourth-order valence-corrected chi connectivity index (χ4v) is 0.821. The molecule has 11 heavy (non-hydrogen) atoms. The van der Waals surface area contributed by atoms with Crippen LogP contribution in [-0.4, -0.2) is 6.08 Å². The third-order valence-corrected chi connectivity index (χ3v) is 1.42. The van der Waals surface area contributed by atoms with E-state index in [0.29, 0.717) is 5.76 Å². The van der Waals surface area contributed by atoms with E-state index >= 15 is 0 Å². The smallest absolute Gasteiger partial charge is 0.235 e. The van der Waals surface area contributed by atoms with Crippen molar-refractivity contribution >= 4 is 6.08 Å². The molecular formula is C8H9NO2. The largest absolute Gasteiger partial charge is 0.464 e. The lowest BCUT2D eigenvalue weighted by atomic mass is 10.3. The molecule has 0 aromatic carbocycles. The van der Waals surface area contributed by atoms with E-state index in [1.165, 1.54) is 6.08 Å². The van der Waals surface area contributed by atoms with Crippen molar-refractivity contribution in [1.82, 2.24) is 0 Å². The Labute approximate surface area is 64.7 Å². The lowest BCUT2D eigenvalue weighted by Crippen LogP contribution is -1.84. The summed E-state index contributed by atoms with van der Waals surface area (Å²) in [4.78, 5) is 13.4.